The van der Waals surface area contributed by atoms with Gasteiger partial charge in [0.15, 0.2) is 0 Å². The predicted octanol–water partition coefficient (Wildman–Crippen LogP) is 3.04. The van der Waals surface area contributed by atoms with Gasteiger partial charge in [0.05, 0.1) is 6.61 Å². The maximum Gasteiger partial charge on any atom is 0.124 e. The zero-order valence-electron chi connectivity index (χ0n) is 13.1. The van der Waals surface area contributed by atoms with Crippen LogP contribution in [-0.2, 0) is 11.3 Å². The third kappa shape index (κ3) is 3.53. The molecule has 0 bridgehead atoms. The first kappa shape index (κ1) is 16.4. The minimum absolute atomic E-state index is 0.173. The number of rotatable bonds is 4. The van der Waals surface area contributed by atoms with Crippen LogP contribution in [0.4, 0.5) is 4.39 Å². The van der Waals surface area contributed by atoms with E-state index in [-0.39, 0.29) is 5.82 Å². The van der Waals surface area contributed by atoms with Crippen molar-refractivity contribution < 1.29 is 9.13 Å². The highest BCUT2D eigenvalue weighted by Gasteiger charge is 2.46. The summed E-state index contributed by atoms with van der Waals surface area (Å²) in [4.78, 5) is 2.47. The third-order valence-corrected chi connectivity index (χ3v) is 5.64. The highest BCUT2D eigenvalue weighted by Crippen LogP contribution is 2.43. The Hall–Kier alpha value is -0.490. The third-order valence-electron chi connectivity index (χ3n) is 5.18. The number of ether oxygens (including phenoxy) is 1. The van der Waals surface area contributed by atoms with Gasteiger partial charge in [-0.15, -0.1) is 0 Å². The van der Waals surface area contributed by atoms with E-state index in [0.29, 0.717) is 11.3 Å². The van der Waals surface area contributed by atoms with Crippen LogP contribution in [0.25, 0.3) is 0 Å². The quantitative estimate of drug-likeness (QED) is 0.881. The van der Waals surface area contributed by atoms with E-state index in [1.54, 1.807) is 13.2 Å². The molecule has 0 aliphatic carbocycles. The summed E-state index contributed by atoms with van der Waals surface area (Å²) in [6.45, 7) is 5.97. The van der Waals surface area contributed by atoms with Gasteiger partial charge in [0.2, 0.25) is 0 Å². The summed E-state index contributed by atoms with van der Waals surface area (Å²) >= 11 is 3.38. The molecule has 1 atom stereocenters. The fourth-order valence-corrected chi connectivity index (χ4v) is 4.66. The molecule has 3 nitrogen and oxygen atoms in total. The molecule has 2 aliphatic heterocycles. The van der Waals surface area contributed by atoms with Gasteiger partial charge in [-0.1, -0.05) is 15.9 Å². The molecule has 0 aromatic heterocycles. The van der Waals surface area contributed by atoms with Gasteiger partial charge in [-0.2, -0.15) is 0 Å². The number of likely N-dealkylation sites (tertiary alicyclic amines) is 1. The number of piperidine rings is 1. The van der Waals surface area contributed by atoms with Gasteiger partial charge in [0, 0.05) is 37.1 Å². The minimum Gasteiger partial charge on any atom is -0.384 e. The van der Waals surface area contributed by atoms with Gasteiger partial charge in [0.25, 0.3) is 0 Å². The van der Waals surface area contributed by atoms with Crippen molar-refractivity contribution in [1.29, 1.82) is 0 Å². The fraction of sp³-hybridized carbons (Fsp3) is 0.647. The molecule has 0 saturated carbocycles. The topological polar surface area (TPSA) is 24.5 Å². The molecule has 1 unspecified atom stereocenters. The smallest absolute Gasteiger partial charge is 0.124 e. The molecule has 1 aromatic rings. The first-order valence-electron chi connectivity index (χ1n) is 7.98. The van der Waals surface area contributed by atoms with Crippen molar-refractivity contribution in [2.24, 2.45) is 11.3 Å². The summed E-state index contributed by atoms with van der Waals surface area (Å²) in [6.07, 6.45) is 2.43. The lowest BCUT2D eigenvalue weighted by Gasteiger charge is -2.38. The standard InChI is InChI=1S/C17H24BrFN2O/c1-22-11-14-10-21(12-17(14)2-4-20-5-3-17)9-13-6-15(18)8-16(19)7-13/h6-8,14,20H,2-5,9-12H2,1H3. The molecule has 0 amide bonds. The van der Waals surface area contributed by atoms with Gasteiger partial charge < -0.3 is 10.1 Å². The second kappa shape index (κ2) is 6.95. The second-order valence-corrected chi connectivity index (χ2v) is 7.63. The van der Waals surface area contributed by atoms with Gasteiger partial charge in [0.1, 0.15) is 5.82 Å². The summed E-state index contributed by atoms with van der Waals surface area (Å²) in [7, 11) is 1.79. The molecule has 2 saturated heterocycles. The van der Waals surface area contributed by atoms with Crippen LogP contribution in [0.15, 0.2) is 22.7 Å². The highest BCUT2D eigenvalue weighted by atomic mass is 79.9. The van der Waals surface area contributed by atoms with Gasteiger partial charge in [-0.25, -0.2) is 4.39 Å². The van der Waals surface area contributed by atoms with Crippen molar-refractivity contribution in [2.45, 2.75) is 19.4 Å². The molecule has 1 N–H and O–H groups in total. The van der Waals surface area contributed by atoms with Crippen molar-refractivity contribution >= 4 is 15.9 Å². The van der Waals surface area contributed by atoms with Gasteiger partial charge in [-0.05, 0) is 55.1 Å². The average Bonchev–Trinajstić information content (AvgIpc) is 2.76. The van der Waals surface area contributed by atoms with Crippen molar-refractivity contribution in [2.75, 3.05) is 39.9 Å². The van der Waals surface area contributed by atoms with E-state index in [4.69, 9.17) is 4.74 Å². The first-order valence-corrected chi connectivity index (χ1v) is 8.78. The molecule has 3 rings (SSSR count). The fourth-order valence-electron chi connectivity index (χ4n) is 4.15. The maximum absolute atomic E-state index is 13.6. The lowest BCUT2D eigenvalue weighted by atomic mass is 9.71. The predicted molar refractivity (Wildman–Crippen MR) is 89.3 cm³/mol. The van der Waals surface area contributed by atoms with Crippen LogP contribution in [0.1, 0.15) is 18.4 Å². The summed E-state index contributed by atoms with van der Waals surface area (Å²) in [6, 6.07) is 5.17. The second-order valence-electron chi connectivity index (χ2n) is 6.71. The van der Waals surface area contributed by atoms with Crippen molar-refractivity contribution in [3.63, 3.8) is 0 Å². The Kier molecular flexibility index (Phi) is 5.17. The Morgan fingerprint density at radius 1 is 1.36 bits per heavy atom. The van der Waals surface area contributed by atoms with E-state index in [1.165, 1.54) is 18.9 Å². The minimum atomic E-state index is -0.173. The van der Waals surface area contributed by atoms with Crippen LogP contribution < -0.4 is 5.32 Å². The summed E-state index contributed by atoms with van der Waals surface area (Å²) < 4.78 is 19.9. The molecule has 2 heterocycles. The first-order chi connectivity index (χ1) is 10.6. The molecule has 1 spiro atoms. The monoisotopic (exact) mass is 370 g/mol. The van der Waals surface area contributed by atoms with Gasteiger partial charge in [-0.3, -0.25) is 4.90 Å². The largest absolute Gasteiger partial charge is 0.384 e. The molecule has 0 radical (unpaired) electrons. The Morgan fingerprint density at radius 3 is 2.82 bits per heavy atom. The molecule has 2 aliphatic rings. The van der Waals surface area contributed by atoms with Crippen molar-refractivity contribution in [3.05, 3.63) is 34.1 Å². The zero-order valence-corrected chi connectivity index (χ0v) is 14.7. The Labute approximate surface area is 140 Å². The summed E-state index contributed by atoms with van der Waals surface area (Å²) in [5.74, 6) is 0.408. The summed E-state index contributed by atoms with van der Waals surface area (Å²) in [5.41, 5.74) is 1.40. The number of methoxy groups -OCH3 is 1. The number of benzene rings is 1. The number of hydrogen-bond donors (Lipinski definition) is 1. The van der Waals surface area contributed by atoms with Crippen molar-refractivity contribution in [3.8, 4) is 0 Å². The molecule has 5 heteroatoms. The Bertz CT molecular complexity index is 499. The van der Waals surface area contributed by atoms with E-state index in [0.717, 1.165) is 49.4 Å². The summed E-state index contributed by atoms with van der Waals surface area (Å²) in [5, 5.41) is 3.46. The molecule has 22 heavy (non-hydrogen) atoms. The molecule has 2 fully saturated rings. The maximum atomic E-state index is 13.6. The lowest BCUT2D eigenvalue weighted by molar-refractivity contribution is 0.0716. The van der Waals surface area contributed by atoms with Crippen LogP contribution in [-0.4, -0.2) is 44.8 Å². The Balaban J connectivity index is 1.72. The van der Waals surface area contributed by atoms with Crippen LogP contribution in [0, 0.1) is 17.2 Å². The van der Waals surface area contributed by atoms with Crippen LogP contribution in [0.3, 0.4) is 0 Å². The lowest BCUT2D eigenvalue weighted by Crippen LogP contribution is -2.43. The van der Waals surface area contributed by atoms with E-state index in [9.17, 15) is 4.39 Å². The van der Waals surface area contributed by atoms with E-state index < -0.39 is 0 Å². The van der Waals surface area contributed by atoms with E-state index in [1.807, 2.05) is 6.07 Å². The van der Waals surface area contributed by atoms with Crippen LogP contribution >= 0.6 is 15.9 Å². The van der Waals surface area contributed by atoms with E-state index in [2.05, 4.69) is 26.1 Å². The average molecular weight is 371 g/mol. The molecule has 1 aromatic carbocycles. The van der Waals surface area contributed by atoms with Gasteiger partial charge >= 0.3 is 0 Å². The van der Waals surface area contributed by atoms with Crippen molar-refractivity contribution in [1.82, 2.24) is 10.2 Å². The van der Waals surface area contributed by atoms with Crippen LogP contribution in [0.5, 0.6) is 0 Å². The SMILES string of the molecule is COCC1CN(Cc2cc(F)cc(Br)c2)CC12CCNCC2. The molecule has 122 valence electrons. The normalized spacial score (nSPS) is 25.0. The molecular formula is C17H24BrFN2O. The number of halogens is 2. The zero-order chi connectivity index (χ0) is 15.6. The number of nitrogens with zero attached hydrogens (tertiary/aromatic N) is 1. The van der Waals surface area contributed by atoms with Crippen LogP contribution in [0.2, 0.25) is 0 Å². The molecular weight excluding hydrogens is 347 g/mol. The van der Waals surface area contributed by atoms with E-state index >= 15 is 0 Å². The highest BCUT2D eigenvalue weighted by molar-refractivity contribution is 9.10. The number of hydrogen-bond acceptors (Lipinski definition) is 3. The Morgan fingerprint density at radius 2 is 2.14 bits per heavy atom. The number of nitrogens with one attached hydrogen (secondary N) is 1.